The average molecular weight is 471 g/mol. The zero-order valence-electron chi connectivity index (χ0n) is 19.7. The summed E-state index contributed by atoms with van der Waals surface area (Å²) in [6.07, 6.45) is 12.0. The number of hydrogen-bond donors (Lipinski definition) is 1. The van der Waals surface area contributed by atoms with Crippen molar-refractivity contribution in [3.05, 3.63) is 155 Å². The van der Waals surface area contributed by atoms with E-state index >= 15 is 0 Å². The minimum Gasteiger partial charge on any atom is -0.456 e. The van der Waals surface area contributed by atoms with Gasteiger partial charge in [-0.2, -0.15) is 0 Å². The summed E-state index contributed by atoms with van der Waals surface area (Å²) >= 11 is 0. The first-order chi connectivity index (χ1) is 17.7. The fraction of sp³-hybridized carbons (Fsp3) is 0.0625. The van der Waals surface area contributed by atoms with Gasteiger partial charge in [0.2, 0.25) is 0 Å². The lowest BCUT2D eigenvalue weighted by Gasteiger charge is -2.20. The molecule has 2 N–H and O–H groups in total. The van der Waals surface area contributed by atoms with Gasteiger partial charge in [-0.25, -0.2) is 4.99 Å². The Balaban J connectivity index is 1.38. The molecular formula is C32H26N2O2. The zero-order valence-corrected chi connectivity index (χ0v) is 19.7. The Morgan fingerprint density at radius 3 is 1.97 bits per heavy atom. The number of carbonyl (C=O) groups excluding carboxylic acids is 1. The molecule has 1 unspecified atom stereocenters. The number of amides is 1. The Hall–Kier alpha value is -4.54. The average Bonchev–Trinajstić information content (AvgIpc) is 2.94. The molecule has 0 spiro atoms. The van der Waals surface area contributed by atoms with Crippen LogP contribution >= 0.6 is 0 Å². The predicted molar refractivity (Wildman–Crippen MR) is 146 cm³/mol. The Labute approximate surface area is 211 Å². The summed E-state index contributed by atoms with van der Waals surface area (Å²) in [7, 11) is 0. The first kappa shape index (κ1) is 23.2. The molecular weight excluding hydrogens is 444 g/mol. The van der Waals surface area contributed by atoms with E-state index in [0.29, 0.717) is 12.1 Å². The smallest absolute Gasteiger partial charge is 0.263 e. The number of allylic oxidation sites excluding steroid dienone is 8. The van der Waals surface area contributed by atoms with E-state index in [1.54, 1.807) is 0 Å². The van der Waals surface area contributed by atoms with E-state index in [1.807, 2.05) is 109 Å². The Morgan fingerprint density at radius 2 is 1.33 bits per heavy atom. The largest absolute Gasteiger partial charge is 0.456 e. The van der Waals surface area contributed by atoms with Gasteiger partial charge in [-0.3, -0.25) is 4.79 Å². The maximum Gasteiger partial charge on any atom is 0.263 e. The standard InChI is InChI=1S/C32H26N2O2/c33-29(20-23-10-4-1-5-11-23)32(35)34-28-18-16-26(17-19-28)31-22-27(24-12-6-2-7-13-24)21-30(36-31)25-14-8-3-9-15-25/h1-19,21-22,29H,20,33H2. The number of aliphatic imine (C=N–C) groups is 1. The second-order valence-electron chi connectivity index (χ2n) is 8.60. The normalized spacial score (nSPS) is 15.6. The third-order valence-corrected chi connectivity index (χ3v) is 5.97. The van der Waals surface area contributed by atoms with Crippen LogP contribution in [0.1, 0.15) is 16.7 Å². The minimum absolute atomic E-state index is 0.339. The van der Waals surface area contributed by atoms with E-state index in [-0.39, 0.29) is 5.91 Å². The quantitative estimate of drug-likeness (QED) is 0.493. The van der Waals surface area contributed by atoms with Crippen molar-refractivity contribution in [2.24, 2.45) is 10.7 Å². The van der Waals surface area contributed by atoms with E-state index in [9.17, 15) is 4.79 Å². The highest BCUT2D eigenvalue weighted by Crippen LogP contribution is 2.33. The third-order valence-electron chi connectivity index (χ3n) is 5.97. The first-order valence-corrected chi connectivity index (χ1v) is 11.9. The van der Waals surface area contributed by atoms with Crippen LogP contribution in [0, 0.1) is 0 Å². The molecule has 0 saturated heterocycles. The molecule has 4 heteroatoms. The van der Waals surface area contributed by atoms with Gasteiger partial charge < -0.3 is 10.5 Å². The minimum atomic E-state index is -0.682. The summed E-state index contributed by atoms with van der Waals surface area (Å²) in [5, 5.41) is 0. The second kappa shape index (κ2) is 10.8. The molecule has 36 heavy (non-hydrogen) atoms. The molecule has 3 aromatic rings. The summed E-state index contributed by atoms with van der Waals surface area (Å²) in [5.41, 5.74) is 11.7. The van der Waals surface area contributed by atoms with Crippen LogP contribution in [-0.4, -0.2) is 17.7 Å². The molecule has 1 atom stereocenters. The van der Waals surface area contributed by atoms with Crippen molar-refractivity contribution in [1.29, 1.82) is 0 Å². The molecule has 1 aliphatic heterocycles. The first-order valence-electron chi connectivity index (χ1n) is 11.9. The highest BCUT2D eigenvalue weighted by Gasteiger charge is 2.18. The van der Waals surface area contributed by atoms with Gasteiger partial charge in [-0.15, -0.1) is 0 Å². The van der Waals surface area contributed by atoms with Gasteiger partial charge in [0.05, 0.1) is 11.8 Å². The molecule has 3 aromatic carbocycles. The number of hydrogen-bond acceptors (Lipinski definition) is 3. The van der Waals surface area contributed by atoms with Crippen molar-refractivity contribution in [2.45, 2.75) is 12.5 Å². The molecule has 5 rings (SSSR count). The molecule has 1 amide bonds. The van der Waals surface area contributed by atoms with Crippen molar-refractivity contribution >= 4 is 23.0 Å². The summed E-state index contributed by atoms with van der Waals surface area (Å²) in [6, 6.07) is 29.3. The van der Waals surface area contributed by atoms with E-state index in [2.05, 4.69) is 23.2 Å². The second-order valence-corrected chi connectivity index (χ2v) is 8.60. The van der Waals surface area contributed by atoms with E-state index in [1.165, 1.54) is 0 Å². The summed E-state index contributed by atoms with van der Waals surface area (Å²) in [5.74, 6) is 1.17. The van der Waals surface area contributed by atoms with Crippen LogP contribution in [0.4, 0.5) is 0 Å². The van der Waals surface area contributed by atoms with Gasteiger partial charge in [-0.05, 0) is 59.6 Å². The maximum absolute atomic E-state index is 12.6. The van der Waals surface area contributed by atoms with Crippen LogP contribution in [0.3, 0.4) is 0 Å². The molecule has 1 heterocycles. The van der Waals surface area contributed by atoms with Gasteiger partial charge in [0.1, 0.15) is 11.5 Å². The van der Waals surface area contributed by atoms with Gasteiger partial charge in [0.25, 0.3) is 5.91 Å². The molecule has 0 fully saturated rings. The van der Waals surface area contributed by atoms with E-state index in [4.69, 9.17) is 10.5 Å². The summed E-state index contributed by atoms with van der Waals surface area (Å²) in [4.78, 5) is 16.8. The molecule has 4 nitrogen and oxygen atoms in total. The van der Waals surface area contributed by atoms with Gasteiger partial charge in [0, 0.05) is 11.1 Å². The number of rotatable bonds is 5. The lowest BCUT2D eigenvalue weighted by Crippen LogP contribution is -2.32. The van der Waals surface area contributed by atoms with Crippen LogP contribution in [0.5, 0.6) is 0 Å². The predicted octanol–water partition coefficient (Wildman–Crippen LogP) is 6.06. The van der Waals surface area contributed by atoms with Crippen LogP contribution in [0.25, 0.3) is 11.3 Å². The van der Waals surface area contributed by atoms with Crippen LogP contribution in [0.15, 0.2) is 144 Å². The SMILES string of the molecule is NC(Cc1ccccc1)C(=O)N=C1C=CC(=C2C=C(c3ccccc3)C=C(c3ccccc3)O2)C=C1. The third kappa shape index (κ3) is 5.57. The molecule has 0 bridgehead atoms. The molecule has 0 radical (unpaired) electrons. The van der Waals surface area contributed by atoms with Crippen LogP contribution in [0.2, 0.25) is 0 Å². The highest BCUT2D eigenvalue weighted by molar-refractivity contribution is 6.11. The Morgan fingerprint density at radius 1 is 0.750 bits per heavy atom. The molecule has 2 aliphatic rings. The van der Waals surface area contributed by atoms with Gasteiger partial charge in [-0.1, -0.05) is 91.0 Å². The van der Waals surface area contributed by atoms with Crippen molar-refractivity contribution in [1.82, 2.24) is 0 Å². The fourth-order valence-corrected chi connectivity index (χ4v) is 4.05. The number of benzene rings is 3. The molecule has 0 aromatic heterocycles. The highest BCUT2D eigenvalue weighted by atomic mass is 16.5. The molecule has 0 saturated carbocycles. The van der Waals surface area contributed by atoms with Crippen molar-refractivity contribution in [3.8, 4) is 0 Å². The number of nitrogens with zero attached hydrogens (tertiary/aromatic N) is 1. The monoisotopic (exact) mass is 470 g/mol. The van der Waals surface area contributed by atoms with E-state index < -0.39 is 6.04 Å². The van der Waals surface area contributed by atoms with Crippen molar-refractivity contribution in [3.63, 3.8) is 0 Å². The van der Waals surface area contributed by atoms with E-state index in [0.717, 1.165) is 39.4 Å². The van der Waals surface area contributed by atoms with Gasteiger partial charge >= 0.3 is 0 Å². The van der Waals surface area contributed by atoms with Crippen molar-refractivity contribution in [2.75, 3.05) is 0 Å². The molecule has 1 aliphatic carbocycles. The number of carbonyl (C=O) groups is 1. The fourth-order valence-electron chi connectivity index (χ4n) is 4.05. The lowest BCUT2D eigenvalue weighted by atomic mass is 9.98. The lowest BCUT2D eigenvalue weighted by molar-refractivity contribution is -0.118. The Bertz CT molecular complexity index is 1410. The van der Waals surface area contributed by atoms with Crippen LogP contribution in [-0.2, 0) is 16.0 Å². The van der Waals surface area contributed by atoms with Gasteiger partial charge in [0.15, 0.2) is 0 Å². The summed E-state index contributed by atoms with van der Waals surface area (Å²) in [6.45, 7) is 0. The zero-order chi connectivity index (χ0) is 24.7. The Kier molecular flexibility index (Phi) is 6.97. The molecule has 176 valence electrons. The number of ether oxygens (including phenoxy) is 1. The summed E-state index contributed by atoms with van der Waals surface area (Å²) < 4.78 is 6.32. The van der Waals surface area contributed by atoms with Crippen molar-refractivity contribution < 1.29 is 9.53 Å². The topological polar surface area (TPSA) is 64.7 Å². The van der Waals surface area contributed by atoms with Crippen LogP contribution < -0.4 is 5.73 Å². The maximum atomic E-state index is 12.6. The number of nitrogens with two attached hydrogens (primary N) is 1.